The SMILES string of the molecule is NC1CC(=O)N(C23CC4CC(CC(C4)C2)C3)C1=O. The number of amides is 2. The van der Waals surface area contributed by atoms with E-state index in [1.807, 2.05) is 0 Å². The number of hydrogen-bond acceptors (Lipinski definition) is 3. The Bertz CT molecular complexity index is 396. The van der Waals surface area contributed by atoms with E-state index in [1.54, 1.807) is 4.90 Å². The summed E-state index contributed by atoms with van der Waals surface area (Å²) in [6.07, 6.45) is 7.32. The van der Waals surface area contributed by atoms with E-state index in [0.29, 0.717) is 0 Å². The zero-order valence-corrected chi connectivity index (χ0v) is 10.6. The molecule has 4 nitrogen and oxygen atoms in total. The third kappa shape index (κ3) is 1.30. The first kappa shape index (κ1) is 11.0. The molecule has 5 aliphatic rings. The molecular formula is C14H20N2O2. The number of nitrogens with two attached hydrogens (primary N) is 1. The Morgan fingerprint density at radius 3 is 1.89 bits per heavy atom. The third-order valence-electron chi connectivity index (χ3n) is 5.66. The smallest absolute Gasteiger partial charge is 0.247 e. The molecule has 98 valence electrons. The minimum Gasteiger partial charge on any atom is -0.319 e. The van der Waals surface area contributed by atoms with Crippen LogP contribution in [0.2, 0.25) is 0 Å². The number of likely N-dealkylation sites (tertiary alicyclic amines) is 1. The number of rotatable bonds is 1. The van der Waals surface area contributed by atoms with E-state index in [1.165, 1.54) is 19.3 Å². The van der Waals surface area contributed by atoms with Crippen molar-refractivity contribution in [2.75, 3.05) is 0 Å². The summed E-state index contributed by atoms with van der Waals surface area (Å²) in [4.78, 5) is 25.9. The number of imide groups is 1. The van der Waals surface area contributed by atoms with Gasteiger partial charge in [0.05, 0.1) is 18.0 Å². The van der Waals surface area contributed by atoms with Crippen molar-refractivity contribution >= 4 is 11.8 Å². The molecule has 1 unspecified atom stereocenters. The normalized spacial score (nSPS) is 50.4. The van der Waals surface area contributed by atoms with Crippen LogP contribution in [0.3, 0.4) is 0 Å². The summed E-state index contributed by atoms with van der Waals surface area (Å²) in [5, 5.41) is 0. The molecule has 1 atom stereocenters. The van der Waals surface area contributed by atoms with Crippen LogP contribution in [-0.4, -0.2) is 28.3 Å². The molecule has 5 fully saturated rings. The first-order valence-electron chi connectivity index (χ1n) is 7.20. The maximum atomic E-state index is 12.2. The van der Waals surface area contributed by atoms with Crippen LogP contribution >= 0.6 is 0 Å². The van der Waals surface area contributed by atoms with Crippen LogP contribution < -0.4 is 5.73 Å². The van der Waals surface area contributed by atoms with Gasteiger partial charge in [-0.15, -0.1) is 0 Å². The van der Waals surface area contributed by atoms with Crippen LogP contribution in [0.4, 0.5) is 0 Å². The second kappa shape index (κ2) is 3.35. The first-order chi connectivity index (χ1) is 8.57. The molecule has 0 aromatic carbocycles. The largest absolute Gasteiger partial charge is 0.319 e. The van der Waals surface area contributed by atoms with E-state index in [9.17, 15) is 9.59 Å². The van der Waals surface area contributed by atoms with Gasteiger partial charge in [-0.3, -0.25) is 14.5 Å². The van der Waals surface area contributed by atoms with E-state index in [0.717, 1.165) is 37.0 Å². The van der Waals surface area contributed by atoms with Crippen LogP contribution in [-0.2, 0) is 9.59 Å². The van der Waals surface area contributed by atoms with E-state index >= 15 is 0 Å². The van der Waals surface area contributed by atoms with Crippen molar-refractivity contribution in [2.45, 2.75) is 56.5 Å². The van der Waals surface area contributed by atoms with Crippen LogP contribution in [0.5, 0.6) is 0 Å². The second-order valence-corrected chi connectivity index (χ2v) is 7.02. The van der Waals surface area contributed by atoms with Gasteiger partial charge in [-0.1, -0.05) is 0 Å². The van der Waals surface area contributed by atoms with Gasteiger partial charge < -0.3 is 5.73 Å². The fraction of sp³-hybridized carbons (Fsp3) is 0.857. The van der Waals surface area contributed by atoms with Crippen molar-refractivity contribution < 1.29 is 9.59 Å². The van der Waals surface area contributed by atoms with Gasteiger partial charge in [0.25, 0.3) is 0 Å². The van der Waals surface area contributed by atoms with Gasteiger partial charge >= 0.3 is 0 Å². The highest BCUT2D eigenvalue weighted by Crippen LogP contribution is 2.58. The Balaban J connectivity index is 1.71. The highest BCUT2D eigenvalue weighted by atomic mass is 16.2. The molecule has 2 N–H and O–H groups in total. The lowest BCUT2D eigenvalue weighted by Gasteiger charge is -2.59. The van der Waals surface area contributed by atoms with Crippen LogP contribution in [0.15, 0.2) is 0 Å². The molecular weight excluding hydrogens is 228 g/mol. The third-order valence-corrected chi connectivity index (χ3v) is 5.66. The van der Waals surface area contributed by atoms with Gasteiger partial charge in [-0.2, -0.15) is 0 Å². The molecule has 0 aromatic heterocycles. The maximum absolute atomic E-state index is 12.2. The molecule has 18 heavy (non-hydrogen) atoms. The highest BCUT2D eigenvalue weighted by molar-refractivity contribution is 6.06. The lowest BCUT2D eigenvalue weighted by atomic mass is 9.52. The summed E-state index contributed by atoms with van der Waals surface area (Å²) >= 11 is 0. The minimum absolute atomic E-state index is 0.0190. The fourth-order valence-electron chi connectivity index (χ4n) is 5.49. The molecule has 5 rings (SSSR count). The van der Waals surface area contributed by atoms with Gasteiger partial charge in [-0.05, 0) is 56.3 Å². The number of carbonyl (C=O) groups excluding carboxylic acids is 2. The molecule has 0 spiro atoms. The van der Waals surface area contributed by atoms with Crippen molar-refractivity contribution in [2.24, 2.45) is 23.5 Å². The summed E-state index contributed by atoms with van der Waals surface area (Å²) in [5.41, 5.74) is 5.62. The van der Waals surface area contributed by atoms with Crippen molar-refractivity contribution in [1.29, 1.82) is 0 Å². The van der Waals surface area contributed by atoms with Crippen LogP contribution in [0.25, 0.3) is 0 Å². The maximum Gasteiger partial charge on any atom is 0.247 e. The van der Waals surface area contributed by atoms with Crippen molar-refractivity contribution in [3.63, 3.8) is 0 Å². The zero-order valence-electron chi connectivity index (χ0n) is 10.6. The van der Waals surface area contributed by atoms with Crippen molar-refractivity contribution in [3.8, 4) is 0 Å². The molecule has 0 aromatic rings. The van der Waals surface area contributed by atoms with Gasteiger partial charge in [0, 0.05) is 0 Å². The van der Waals surface area contributed by atoms with Crippen LogP contribution in [0, 0.1) is 17.8 Å². The Morgan fingerprint density at radius 2 is 1.50 bits per heavy atom. The second-order valence-electron chi connectivity index (χ2n) is 7.02. The predicted octanol–water partition coefficient (Wildman–Crippen LogP) is 1.04. The lowest BCUT2D eigenvalue weighted by Crippen LogP contribution is -2.62. The Hall–Kier alpha value is -0.900. The van der Waals surface area contributed by atoms with E-state index in [4.69, 9.17) is 5.73 Å². The quantitative estimate of drug-likeness (QED) is 0.705. The van der Waals surface area contributed by atoms with Crippen molar-refractivity contribution in [3.05, 3.63) is 0 Å². The molecule has 4 bridgehead atoms. The molecule has 1 saturated heterocycles. The first-order valence-corrected chi connectivity index (χ1v) is 7.20. The standard InChI is InChI=1S/C14H20N2O2/c15-11-4-12(17)16(13(11)18)14-5-8-1-9(6-14)3-10(2-8)7-14/h8-11H,1-7,15H2. The van der Waals surface area contributed by atoms with E-state index < -0.39 is 6.04 Å². The monoisotopic (exact) mass is 248 g/mol. The summed E-state index contributed by atoms with van der Waals surface area (Å²) in [6, 6.07) is -0.578. The predicted molar refractivity (Wildman–Crippen MR) is 65.3 cm³/mol. The highest BCUT2D eigenvalue weighted by Gasteiger charge is 2.58. The lowest BCUT2D eigenvalue weighted by molar-refractivity contribution is -0.158. The summed E-state index contributed by atoms with van der Waals surface area (Å²) in [7, 11) is 0. The Kier molecular flexibility index (Phi) is 2.04. The number of hydrogen-bond donors (Lipinski definition) is 1. The van der Waals surface area contributed by atoms with Gasteiger partial charge in [0.15, 0.2) is 0 Å². The Morgan fingerprint density at radius 1 is 1.00 bits per heavy atom. The summed E-state index contributed by atoms with van der Waals surface area (Å²) < 4.78 is 0. The Labute approximate surface area is 107 Å². The van der Waals surface area contributed by atoms with Gasteiger partial charge in [-0.25, -0.2) is 0 Å². The molecule has 4 saturated carbocycles. The number of carbonyl (C=O) groups is 2. The fourth-order valence-corrected chi connectivity index (χ4v) is 5.49. The minimum atomic E-state index is -0.578. The zero-order chi connectivity index (χ0) is 12.5. The van der Waals surface area contributed by atoms with Crippen LogP contribution in [0.1, 0.15) is 44.9 Å². The van der Waals surface area contributed by atoms with E-state index in [-0.39, 0.29) is 23.8 Å². The molecule has 1 heterocycles. The molecule has 4 aliphatic carbocycles. The van der Waals surface area contributed by atoms with E-state index in [2.05, 4.69) is 0 Å². The topological polar surface area (TPSA) is 63.4 Å². The van der Waals surface area contributed by atoms with Gasteiger partial charge in [0.2, 0.25) is 11.8 Å². The average molecular weight is 248 g/mol. The summed E-state index contributed by atoms with van der Waals surface area (Å²) in [5.74, 6) is 2.10. The molecule has 2 amide bonds. The summed E-state index contributed by atoms with van der Waals surface area (Å²) in [6.45, 7) is 0. The van der Waals surface area contributed by atoms with Gasteiger partial charge in [0.1, 0.15) is 0 Å². The molecule has 1 aliphatic heterocycles. The van der Waals surface area contributed by atoms with Crippen molar-refractivity contribution in [1.82, 2.24) is 4.90 Å². The average Bonchev–Trinajstić information content (AvgIpc) is 2.51. The molecule has 4 heteroatoms. The number of nitrogens with zero attached hydrogens (tertiary/aromatic N) is 1. The molecule has 0 radical (unpaired) electrons.